The minimum Gasteiger partial charge on any atom is -0.493 e. The number of carbonyl (C=O) groups is 1. The minimum atomic E-state index is -3.80. The molecule has 0 aliphatic heterocycles. The van der Waals surface area contributed by atoms with Gasteiger partial charge in [-0.3, -0.25) is 0 Å². The van der Waals surface area contributed by atoms with Gasteiger partial charge in [-0.05, 0) is 35.4 Å². The highest BCUT2D eigenvalue weighted by Gasteiger charge is 2.17. The fourth-order valence-corrected chi connectivity index (χ4v) is 4.08. The van der Waals surface area contributed by atoms with E-state index >= 15 is 0 Å². The second kappa shape index (κ2) is 10.8. The molecule has 0 saturated carbocycles. The van der Waals surface area contributed by atoms with E-state index < -0.39 is 16.0 Å². The van der Waals surface area contributed by atoms with Crippen LogP contribution in [0.3, 0.4) is 0 Å². The van der Waals surface area contributed by atoms with Crippen LogP contribution in [0.1, 0.15) is 21.5 Å². The number of hydrogen-bond donors (Lipinski definition) is 1. The molecule has 0 amide bonds. The molecule has 0 saturated heterocycles. The Morgan fingerprint density at radius 2 is 1.56 bits per heavy atom. The van der Waals surface area contributed by atoms with Crippen molar-refractivity contribution in [3.63, 3.8) is 0 Å². The summed E-state index contributed by atoms with van der Waals surface area (Å²) >= 11 is 0. The molecule has 0 atom stereocenters. The molecule has 0 unspecified atom stereocenters. The van der Waals surface area contributed by atoms with E-state index in [0.29, 0.717) is 29.0 Å². The lowest BCUT2D eigenvalue weighted by atomic mass is 10.1. The van der Waals surface area contributed by atoms with Crippen molar-refractivity contribution in [2.24, 2.45) is 0 Å². The van der Waals surface area contributed by atoms with Gasteiger partial charge in [-0.15, -0.1) is 0 Å². The molecule has 0 fully saturated rings. The van der Waals surface area contributed by atoms with E-state index in [0.717, 1.165) is 5.56 Å². The molecule has 3 aromatic carbocycles. The maximum absolute atomic E-state index is 12.7. The van der Waals surface area contributed by atoms with Crippen LogP contribution in [-0.2, 0) is 27.7 Å². The molecular formula is C24H25NO6S. The Kier molecular flexibility index (Phi) is 7.86. The number of carbonyl (C=O) groups excluding carboxylic acids is 1. The van der Waals surface area contributed by atoms with Gasteiger partial charge in [-0.1, -0.05) is 42.5 Å². The molecule has 0 aliphatic rings. The Hall–Kier alpha value is -3.36. The number of ether oxygens (including phenoxy) is 3. The molecule has 3 rings (SSSR count). The smallest absolute Gasteiger partial charge is 0.338 e. The van der Waals surface area contributed by atoms with Gasteiger partial charge in [-0.2, -0.15) is 0 Å². The Bertz CT molecular complexity index is 1160. The highest BCUT2D eigenvalue weighted by Crippen LogP contribution is 2.29. The third kappa shape index (κ3) is 6.09. The van der Waals surface area contributed by atoms with Crippen molar-refractivity contribution in [2.45, 2.75) is 17.9 Å². The van der Waals surface area contributed by atoms with Crippen LogP contribution in [-0.4, -0.2) is 35.2 Å². The molecule has 0 radical (unpaired) electrons. The summed E-state index contributed by atoms with van der Waals surface area (Å²) in [5, 5.41) is 0. The number of benzene rings is 3. The monoisotopic (exact) mass is 455 g/mol. The number of rotatable bonds is 10. The summed E-state index contributed by atoms with van der Waals surface area (Å²) in [6.45, 7) is 0.279. The summed E-state index contributed by atoms with van der Waals surface area (Å²) in [5.41, 5.74) is 2.08. The summed E-state index contributed by atoms with van der Waals surface area (Å²) in [4.78, 5) is 12.4. The van der Waals surface area contributed by atoms with Crippen molar-refractivity contribution < 1.29 is 27.4 Å². The van der Waals surface area contributed by atoms with Crippen LogP contribution in [0.25, 0.3) is 0 Å². The normalized spacial score (nSPS) is 11.1. The average Bonchev–Trinajstić information content (AvgIpc) is 2.83. The van der Waals surface area contributed by atoms with E-state index in [-0.39, 0.29) is 18.0 Å². The minimum absolute atomic E-state index is 0.0157. The Morgan fingerprint density at radius 3 is 2.28 bits per heavy atom. The van der Waals surface area contributed by atoms with Crippen molar-refractivity contribution in [1.29, 1.82) is 0 Å². The number of nitrogens with one attached hydrogen (secondary N) is 1. The van der Waals surface area contributed by atoms with Crippen molar-refractivity contribution in [1.82, 2.24) is 4.72 Å². The molecule has 0 aromatic heterocycles. The molecule has 7 nitrogen and oxygen atoms in total. The first-order valence-corrected chi connectivity index (χ1v) is 11.4. The van der Waals surface area contributed by atoms with Crippen LogP contribution in [0, 0.1) is 0 Å². The van der Waals surface area contributed by atoms with Crippen molar-refractivity contribution in [2.75, 3.05) is 20.8 Å². The zero-order valence-corrected chi connectivity index (χ0v) is 18.7. The first-order valence-electron chi connectivity index (χ1n) is 9.94. The average molecular weight is 456 g/mol. The summed E-state index contributed by atoms with van der Waals surface area (Å²) in [6, 6.07) is 20.8. The predicted molar refractivity (Wildman–Crippen MR) is 120 cm³/mol. The lowest BCUT2D eigenvalue weighted by molar-refractivity contribution is 0.0509. The molecule has 0 aliphatic carbocycles. The van der Waals surface area contributed by atoms with Gasteiger partial charge in [-0.25, -0.2) is 17.9 Å². The second-order valence-electron chi connectivity index (χ2n) is 6.91. The van der Waals surface area contributed by atoms with Crippen molar-refractivity contribution in [3.8, 4) is 11.5 Å². The lowest BCUT2D eigenvalue weighted by Gasteiger charge is -2.11. The van der Waals surface area contributed by atoms with E-state index in [1.165, 1.54) is 32.4 Å². The molecule has 0 spiro atoms. The van der Waals surface area contributed by atoms with E-state index in [1.807, 2.05) is 30.3 Å². The summed E-state index contributed by atoms with van der Waals surface area (Å²) in [6.07, 6.45) is 0.622. The van der Waals surface area contributed by atoms with Gasteiger partial charge in [0, 0.05) is 19.0 Å². The molecule has 0 bridgehead atoms. The van der Waals surface area contributed by atoms with E-state index in [1.54, 1.807) is 24.3 Å². The van der Waals surface area contributed by atoms with Gasteiger partial charge >= 0.3 is 5.97 Å². The molecule has 0 heterocycles. The highest BCUT2D eigenvalue weighted by atomic mass is 32.2. The SMILES string of the molecule is COc1ccc(S(=O)(=O)NCc2cccc(C(=O)OCCc3ccccc3)c2)cc1OC. The molecule has 168 valence electrons. The lowest BCUT2D eigenvalue weighted by Crippen LogP contribution is -2.23. The van der Waals surface area contributed by atoms with E-state index in [4.69, 9.17) is 14.2 Å². The van der Waals surface area contributed by atoms with E-state index in [9.17, 15) is 13.2 Å². The largest absolute Gasteiger partial charge is 0.493 e. The van der Waals surface area contributed by atoms with Gasteiger partial charge in [0.2, 0.25) is 10.0 Å². The Balaban J connectivity index is 1.61. The first-order chi connectivity index (χ1) is 15.4. The highest BCUT2D eigenvalue weighted by molar-refractivity contribution is 7.89. The zero-order chi connectivity index (χ0) is 23.0. The number of esters is 1. The number of methoxy groups -OCH3 is 2. The third-order valence-corrected chi connectivity index (χ3v) is 6.16. The number of hydrogen-bond acceptors (Lipinski definition) is 6. The fraction of sp³-hybridized carbons (Fsp3) is 0.208. The van der Waals surface area contributed by atoms with Crippen LogP contribution in [0.4, 0.5) is 0 Å². The maximum atomic E-state index is 12.7. The van der Waals surface area contributed by atoms with Crippen molar-refractivity contribution >= 4 is 16.0 Å². The molecular weight excluding hydrogens is 430 g/mol. The van der Waals surface area contributed by atoms with Gasteiger partial charge in [0.1, 0.15) is 0 Å². The van der Waals surface area contributed by atoms with Gasteiger partial charge < -0.3 is 14.2 Å². The van der Waals surface area contributed by atoms with Crippen LogP contribution in [0.15, 0.2) is 77.7 Å². The number of sulfonamides is 1. The van der Waals surface area contributed by atoms with Crippen LogP contribution in [0.2, 0.25) is 0 Å². The topological polar surface area (TPSA) is 90.9 Å². The van der Waals surface area contributed by atoms with Crippen molar-refractivity contribution in [3.05, 3.63) is 89.5 Å². The quantitative estimate of drug-likeness (QED) is 0.470. The maximum Gasteiger partial charge on any atom is 0.338 e. The standard InChI is InChI=1S/C24H25NO6S/c1-29-22-12-11-21(16-23(22)30-2)32(27,28)25-17-19-9-6-10-20(15-19)24(26)31-14-13-18-7-4-3-5-8-18/h3-12,15-16,25H,13-14,17H2,1-2H3. The molecule has 3 aromatic rings. The van der Waals surface area contributed by atoms with Gasteiger partial charge in [0.25, 0.3) is 0 Å². The van der Waals surface area contributed by atoms with Crippen LogP contribution >= 0.6 is 0 Å². The zero-order valence-electron chi connectivity index (χ0n) is 17.9. The Labute approximate surface area is 188 Å². The Morgan fingerprint density at radius 1 is 0.844 bits per heavy atom. The summed E-state index contributed by atoms with van der Waals surface area (Å²) < 4.78 is 43.5. The van der Waals surface area contributed by atoms with Gasteiger partial charge in [0.05, 0.1) is 31.3 Å². The second-order valence-corrected chi connectivity index (χ2v) is 8.68. The molecule has 32 heavy (non-hydrogen) atoms. The van der Waals surface area contributed by atoms with Gasteiger partial charge in [0.15, 0.2) is 11.5 Å². The fourth-order valence-electron chi connectivity index (χ4n) is 3.04. The summed E-state index contributed by atoms with van der Waals surface area (Å²) in [5.74, 6) is 0.297. The third-order valence-electron chi connectivity index (χ3n) is 4.76. The van der Waals surface area contributed by atoms with E-state index in [2.05, 4.69) is 4.72 Å². The van der Waals surface area contributed by atoms with Crippen LogP contribution < -0.4 is 14.2 Å². The predicted octanol–water partition coefficient (Wildman–Crippen LogP) is 3.58. The molecule has 1 N–H and O–H groups in total. The van der Waals surface area contributed by atoms with Crippen LogP contribution in [0.5, 0.6) is 11.5 Å². The first kappa shape index (κ1) is 23.3. The summed E-state index contributed by atoms with van der Waals surface area (Å²) in [7, 11) is -0.883. The molecule has 8 heteroatoms.